The normalized spacial score (nSPS) is 14.4. The first-order valence-electron chi connectivity index (χ1n) is 8.75. The lowest BCUT2D eigenvalue weighted by atomic mass is 10.2. The molecule has 0 saturated carbocycles. The van der Waals surface area contributed by atoms with Gasteiger partial charge in [0, 0.05) is 44.0 Å². The second kappa shape index (κ2) is 7.97. The fourth-order valence-electron chi connectivity index (χ4n) is 2.91. The summed E-state index contributed by atoms with van der Waals surface area (Å²) >= 11 is 0. The summed E-state index contributed by atoms with van der Waals surface area (Å²) in [6.07, 6.45) is 7.02. The lowest BCUT2D eigenvalue weighted by Crippen LogP contribution is -2.43. The van der Waals surface area contributed by atoms with Crippen molar-refractivity contribution in [2.45, 2.75) is 0 Å². The number of nitrogens with one attached hydrogen (secondary N) is 1. The predicted octanol–water partition coefficient (Wildman–Crippen LogP) is 1.89. The summed E-state index contributed by atoms with van der Waals surface area (Å²) in [5, 5.41) is 5.52. The molecule has 0 unspecified atom stereocenters. The minimum absolute atomic E-state index is 0.408. The van der Waals surface area contributed by atoms with Crippen molar-refractivity contribution in [3.63, 3.8) is 0 Å². The smallest absolute Gasteiger partial charge is 0.234 e. The van der Waals surface area contributed by atoms with E-state index in [9.17, 15) is 0 Å². The Morgan fingerprint density at radius 1 is 0.923 bits per heavy atom. The molecule has 7 nitrogen and oxygen atoms in total. The van der Waals surface area contributed by atoms with Crippen LogP contribution in [-0.2, 0) is 0 Å². The van der Waals surface area contributed by atoms with E-state index in [2.05, 4.69) is 25.2 Å². The summed E-state index contributed by atoms with van der Waals surface area (Å²) in [5.41, 5.74) is 0. The van der Waals surface area contributed by atoms with Crippen molar-refractivity contribution < 1.29 is 9.47 Å². The summed E-state index contributed by atoms with van der Waals surface area (Å²) in [5.74, 6) is 2.18. The number of aromatic nitrogens is 3. The van der Waals surface area contributed by atoms with Crippen LogP contribution in [0.15, 0.2) is 49.1 Å². The number of rotatable bonds is 6. The Kier molecular flexibility index (Phi) is 5.07. The summed E-state index contributed by atoms with van der Waals surface area (Å²) in [6.45, 7) is 4.62. The zero-order chi connectivity index (χ0) is 17.6. The summed E-state index contributed by atoms with van der Waals surface area (Å²) in [7, 11) is 0. The average Bonchev–Trinajstić information content (AvgIpc) is 2.72. The molecule has 1 fully saturated rings. The first-order chi connectivity index (χ1) is 12.9. The number of benzene rings is 1. The van der Waals surface area contributed by atoms with Crippen LogP contribution >= 0.6 is 0 Å². The Balaban J connectivity index is 1.30. The largest absolute Gasteiger partial charge is 0.490 e. The number of hydrogen-bond acceptors (Lipinski definition) is 7. The number of ether oxygens (including phenoxy) is 2. The average molecular weight is 351 g/mol. The van der Waals surface area contributed by atoms with E-state index in [-0.39, 0.29) is 0 Å². The maximum atomic E-state index is 5.76. The molecule has 2 aromatic heterocycles. The van der Waals surface area contributed by atoms with E-state index < -0.39 is 0 Å². The van der Waals surface area contributed by atoms with Gasteiger partial charge in [0.2, 0.25) is 5.88 Å². The molecule has 134 valence electrons. The van der Waals surface area contributed by atoms with Crippen molar-refractivity contribution in [2.75, 3.05) is 44.3 Å². The van der Waals surface area contributed by atoms with Gasteiger partial charge in [0.1, 0.15) is 19.0 Å². The van der Waals surface area contributed by atoms with Crippen molar-refractivity contribution in [1.29, 1.82) is 0 Å². The zero-order valence-electron chi connectivity index (χ0n) is 14.5. The molecular formula is C19H21N5O2. The molecule has 1 N–H and O–H groups in total. The molecule has 0 bridgehead atoms. The molecule has 1 aromatic carbocycles. The van der Waals surface area contributed by atoms with Gasteiger partial charge in [0.05, 0.1) is 12.4 Å². The minimum Gasteiger partial charge on any atom is -0.490 e. The van der Waals surface area contributed by atoms with Gasteiger partial charge in [-0.3, -0.25) is 9.97 Å². The van der Waals surface area contributed by atoms with Gasteiger partial charge in [-0.25, -0.2) is 0 Å². The Bertz CT molecular complexity index is 867. The quantitative estimate of drug-likeness (QED) is 0.680. The summed E-state index contributed by atoms with van der Waals surface area (Å²) < 4.78 is 11.5. The summed E-state index contributed by atoms with van der Waals surface area (Å²) in [6, 6.07) is 7.93. The topological polar surface area (TPSA) is 72.4 Å². The molecule has 1 aliphatic heterocycles. The highest BCUT2D eigenvalue weighted by Crippen LogP contribution is 2.20. The number of fused-ring (bicyclic) bond motifs is 1. The minimum atomic E-state index is 0.408. The van der Waals surface area contributed by atoms with Crippen LogP contribution in [0.2, 0.25) is 0 Å². The van der Waals surface area contributed by atoms with E-state index in [1.807, 2.05) is 30.5 Å². The molecule has 0 radical (unpaired) electrons. The fourth-order valence-corrected chi connectivity index (χ4v) is 2.91. The second-order valence-electron chi connectivity index (χ2n) is 6.03. The van der Waals surface area contributed by atoms with Crippen LogP contribution in [-0.4, -0.2) is 54.3 Å². The predicted molar refractivity (Wildman–Crippen MR) is 99.8 cm³/mol. The molecule has 0 spiro atoms. The van der Waals surface area contributed by atoms with Crippen LogP contribution in [0, 0.1) is 0 Å². The van der Waals surface area contributed by atoms with Gasteiger partial charge in [-0.05, 0) is 23.6 Å². The maximum absolute atomic E-state index is 5.76. The molecule has 26 heavy (non-hydrogen) atoms. The van der Waals surface area contributed by atoms with Gasteiger partial charge >= 0.3 is 0 Å². The highest BCUT2D eigenvalue weighted by Gasteiger charge is 2.12. The van der Waals surface area contributed by atoms with E-state index in [1.165, 1.54) is 0 Å². The Hall–Kier alpha value is -2.93. The van der Waals surface area contributed by atoms with Crippen molar-refractivity contribution in [3.8, 4) is 11.6 Å². The number of anilines is 1. The van der Waals surface area contributed by atoms with Crippen LogP contribution < -0.4 is 19.7 Å². The second-order valence-corrected chi connectivity index (χ2v) is 6.03. The van der Waals surface area contributed by atoms with Crippen LogP contribution in [0.25, 0.3) is 10.8 Å². The van der Waals surface area contributed by atoms with Crippen LogP contribution in [0.4, 0.5) is 5.82 Å². The van der Waals surface area contributed by atoms with Gasteiger partial charge in [0.25, 0.3) is 0 Å². The standard InChI is InChI=1S/C19H21N5O2/c1-2-17(11-16-12-21-4-3-15(1)16)25-9-10-26-19-14-22-13-18(23-19)24-7-5-20-6-8-24/h1-4,11-14,20H,5-10H2. The molecule has 0 aliphatic carbocycles. The number of nitrogens with zero attached hydrogens (tertiary/aromatic N) is 4. The third-order valence-electron chi connectivity index (χ3n) is 4.25. The number of hydrogen-bond donors (Lipinski definition) is 1. The number of piperazine rings is 1. The molecule has 3 aromatic rings. The van der Waals surface area contributed by atoms with Gasteiger partial charge < -0.3 is 19.7 Å². The first-order valence-corrected chi connectivity index (χ1v) is 8.75. The summed E-state index contributed by atoms with van der Waals surface area (Å²) in [4.78, 5) is 15.1. The first kappa shape index (κ1) is 16.5. The third kappa shape index (κ3) is 4.00. The SMILES string of the molecule is c1cc2ccc(OCCOc3cncc(N4CCNCC4)n3)cc2cn1. The lowest BCUT2D eigenvalue weighted by molar-refractivity contribution is 0.211. The molecule has 1 saturated heterocycles. The van der Waals surface area contributed by atoms with Crippen molar-refractivity contribution in [1.82, 2.24) is 20.3 Å². The van der Waals surface area contributed by atoms with E-state index in [0.717, 1.165) is 48.5 Å². The van der Waals surface area contributed by atoms with E-state index in [4.69, 9.17) is 9.47 Å². The number of pyridine rings is 1. The molecule has 0 atom stereocenters. The molecule has 3 heterocycles. The van der Waals surface area contributed by atoms with E-state index in [0.29, 0.717) is 19.1 Å². The van der Waals surface area contributed by atoms with Crippen LogP contribution in [0.5, 0.6) is 11.6 Å². The van der Waals surface area contributed by atoms with E-state index in [1.54, 1.807) is 18.6 Å². The van der Waals surface area contributed by atoms with Crippen molar-refractivity contribution >= 4 is 16.6 Å². The molecule has 4 rings (SSSR count). The Morgan fingerprint density at radius 2 is 1.81 bits per heavy atom. The monoisotopic (exact) mass is 351 g/mol. The van der Waals surface area contributed by atoms with Crippen molar-refractivity contribution in [2.24, 2.45) is 0 Å². The molecule has 7 heteroatoms. The lowest BCUT2D eigenvalue weighted by Gasteiger charge is -2.28. The molecule has 0 amide bonds. The van der Waals surface area contributed by atoms with Gasteiger partial charge in [-0.2, -0.15) is 4.98 Å². The zero-order valence-corrected chi connectivity index (χ0v) is 14.5. The van der Waals surface area contributed by atoms with Gasteiger partial charge in [-0.1, -0.05) is 6.07 Å². The van der Waals surface area contributed by atoms with Crippen LogP contribution in [0.1, 0.15) is 0 Å². The highest BCUT2D eigenvalue weighted by molar-refractivity contribution is 5.82. The third-order valence-corrected chi connectivity index (χ3v) is 4.25. The maximum Gasteiger partial charge on any atom is 0.234 e. The molecule has 1 aliphatic rings. The van der Waals surface area contributed by atoms with Crippen LogP contribution in [0.3, 0.4) is 0 Å². The Morgan fingerprint density at radius 3 is 2.73 bits per heavy atom. The van der Waals surface area contributed by atoms with Crippen molar-refractivity contribution in [3.05, 3.63) is 49.1 Å². The fraction of sp³-hybridized carbons (Fsp3) is 0.316. The Labute approximate surface area is 152 Å². The highest BCUT2D eigenvalue weighted by atomic mass is 16.5. The molecular weight excluding hydrogens is 330 g/mol. The van der Waals surface area contributed by atoms with Gasteiger partial charge in [0.15, 0.2) is 5.82 Å². The van der Waals surface area contributed by atoms with E-state index >= 15 is 0 Å². The van der Waals surface area contributed by atoms with Gasteiger partial charge in [-0.15, -0.1) is 0 Å².